The Hall–Kier alpha value is -1.47. The first-order valence-electron chi connectivity index (χ1n) is 3.93. The van der Waals surface area contributed by atoms with Gasteiger partial charge in [-0.15, -0.1) is 0 Å². The molecule has 0 bridgehead atoms. The fraction of sp³-hybridized carbons (Fsp3) is 0.286. The van der Waals surface area contributed by atoms with Gasteiger partial charge in [-0.2, -0.15) is 5.10 Å². The van der Waals surface area contributed by atoms with Crippen LogP contribution in [0, 0.1) is 4.77 Å². The third-order valence-electron chi connectivity index (χ3n) is 1.78. The van der Waals surface area contributed by atoms with Crippen molar-refractivity contribution < 1.29 is 9.52 Å². The van der Waals surface area contributed by atoms with Crippen LogP contribution in [0.5, 0.6) is 0 Å². The normalized spacial score (nSPS) is 10.6. The Morgan fingerprint density at radius 3 is 3.14 bits per heavy atom. The number of oxazole rings is 1. The summed E-state index contributed by atoms with van der Waals surface area (Å²) in [4.78, 5) is 3.95. The Bertz CT molecular complexity index is 458. The molecule has 74 valence electrons. The summed E-state index contributed by atoms with van der Waals surface area (Å²) in [7, 11) is 0. The number of H-pyrrole nitrogens is 1. The van der Waals surface area contributed by atoms with Crippen LogP contribution >= 0.6 is 12.2 Å². The van der Waals surface area contributed by atoms with Crippen molar-refractivity contribution in [1.29, 1.82) is 0 Å². The molecule has 6 nitrogen and oxygen atoms in total. The van der Waals surface area contributed by atoms with E-state index < -0.39 is 0 Å². The molecular weight excluding hydrogens is 204 g/mol. The number of aliphatic hydroxyl groups excluding tert-OH is 1. The van der Waals surface area contributed by atoms with Gasteiger partial charge in [-0.05, 0) is 12.2 Å². The highest BCUT2D eigenvalue weighted by molar-refractivity contribution is 7.71. The minimum atomic E-state index is -0.162. The van der Waals surface area contributed by atoms with Gasteiger partial charge in [0.1, 0.15) is 12.9 Å². The third kappa shape index (κ3) is 1.59. The average Bonchev–Trinajstić information content (AvgIpc) is 2.79. The maximum absolute atomic E-state index is 8.97. The molecule has 0 fully saturated rings. The van der Waals surface area contributed by atoms with Crippen LogP contribution in [0.1, 0.15) is 11.5 Å². The Morgan fingerprint density at radius 2 is 2.50 bits per heavy atom. The monoisotopic (exact) mass is 212 g/mol. The fourth-order valence-corrected chi connectivity index (χ4v) is 1.33. The Labute approximate surface area is 84.2 Å². The van der Waals surface area contributed by atoms with E-state index in [2.05, 4.69) is 15.2 Å². The molecule has 0 spiro atoms. The molecule has 2 rings (SSSR count). The molecule has 2 aromatic rings. The van der Waals surface area contributed by atoms with Gasteiger partial charge in [-0.1, -0.05) is 0 Å². The molecule has 0 unspecified atom stereocenters. The van der Waals surface area contributed by atoms with Crippen LogP contribution in [0.4, 0.5) is 0 Å². The molecule has 0 radical (unpaired) electrons. The number of aromatic nitrogens is 4. The first-order chi connectivity index (χ1) is 6.81. The van der Waals surface area contributed by atoms with Crippen molar-refractivity contribution in [3.63, 3.8) is 0 Å². The molecule has 2 N–H and O–H groups in total. The summed E-state index contributed by atoms with van der Waals surface area (Å²) in [6, 6.07) is 0. The van der Waals surface area contributed by atoms with Gasteiger partial charge in [0.2, 0.25) is 0 Å². The quantitative estimate of drug-likeness (QED) is 0.723. The summed E-state index contributed by atoms with van der Waals surface area (Å²) in [6.45, 7) is 0.284. The predicted octanol–water partition coefficient (Wildman–Crippen LogP) is 0.469. The molecule has 0 aliphatic heterocycles. The highest BCUT2D eigenvalue weighted by Gasteiger charge is 2.06. The van der Waals surface area contributed by atoms with Crippen LogP contribution in [-0.2, 0) is 13.2 Å². The van der Waals surface area contributed by atoms with Crippen LogP contribution < -0.4 is 0 Å². The lowest BCUT2D eigenvalue weighted by Gasteiger charge is -2.00. The number of aliphatic hydroxyl groups is 1. The SMILES string of the molecule is OCc1n[nH]c(=S)n1Cc1cocn1. The van der Waals surface area contributed by atoms with Gasteiger partial charge >= 0.3 is 0 Å². The van der Waals surface area contributed by atoms with Gasteiger partial charge in [0.05, 0.1) is 12.2 Å². The van der Waals surface area contributed by atoms with Crippen molar-refractivity contribution in [2.75, 3.05) is 0 Å². The van der Waals surface area contributed by atoms with Crippen molar-refractivity contribution in [2.45, 2.75) is 13.2 Å². The van der Waals surface area contributed by atoms with Gasteiger partial charge in [0.25, 0.3) is 0 Å². The molecule has 0 saturated heterocycles. The molecule has 0 aliphatic carbocycles. The molecular formula is C7H8N4O2S. The highest BCUT2D eigenvalue weighted by Crippen LogP contribution is 2.03. The molecule has 2 aromatic heterocycles. The van der Waals surface area contributed by atoms with E-state index >= 15 is 0 Å². The lowest BCUT2D eigenvalue weighted by molar-refractivity contribution is 0.265. The smallest absolute Gasteiger partial charge is 0.195 e. The van der Waals surface area contributed by atoms with E-state index in [0.717, 1.165) is 5.69 Å². The first-order valence-corrected chi connectivity index (χ1v) is 4.34. The topological polar surface area (TPSA) is 79.9 Å². The molecule has 0 aromatic carbocycles. The first kappa shape index (κ1) is 9.10. The minimum Gasteiger partial charge on any atom is -0.451 e. The zero-order valence-corrected chi connectivity index (χ0v) is 7.99. The maximum Gasteiger partial charge on any atom is 0.195 e. The van der Waals surface area contributed by atoms with Crippen LogP contribution in [-0.4, -0.2) is 24.9 Å². The second-order valence-electron chi connectivity index (χ2n) is 2.67. The van der Waals surface area contributed by atoms with E-state index in [1.54, 1.807) is 4.57 Å². The predicted molar refractivity (Wildman–Crippen MR) is 48.9 cm³/mol. The molecule has 0 amide bonds. The van der Waals surface area contributed by atoms with Crippen LogP contribution in [0.3, 0.4) is 0 Å². The Kier molecular flexibility index (Phi) is 2.42. The number of nitrogens with one attached hydrogen (secondary N) is 1. The second-order valence-corrected chi connectivity index (χ2v) is 3.06. The van der Waals surface area contributed by atoms with Gasteiger partial charge in [0.15, 0.2) is 17.0 Å². The summed E-state index contributed by atoms with van der Waals surface area (Å²) in [5, 5.41) is 15.4. The second kappa shape index (κ2) is 3.72. The number of nitrogens with zero attached hydrogens (tertiary/aromatic N) is 3. The summed E-state index contributed by atoms with van der Waals surface area (Å²) < 4.78 is 6.94. The lowest BCUT2D eigenvalue weighted by atomic mass is 10.4. The number of aromatic amines is 1. The van der Waals surface area contributed by atoms with Gasteiger partial charge in [-0.25, -0.2) is 4.98 Å². The van der Waals surface area contributed by atoms with Crippen LogP contribution in [0.25, 0.3) is 0 Å². The van der Waals surface area contributed by atoms with E-state index in [9.17, 15) is 0 Å². The minimum absolute atomic E-state index is 0.162. The van der Waals surface area contributed by atoms with Crippen molar-refractivity contribution >= 4 is 12.2 Å². The Balaban J connectivity index is 2.32. The molecule has 0 saturated carbocycles. The summed E-state index contributed by atoms with van der Waals surface area (Å²) in [5.74, 6) is 0.484. The largest absolute Gasteiger partial charge is 0.451 e. The molecule has 2 heterocycles. The van der Waals surface area contributed by atoms with E-state index in [4.69, 9.17) is 21.7 Å². The molecule has 0 atom stereocenters. The fourth-order valence-electron chi connectivity index (χ4n) is 1.11. The summed E-state index contributed by atoms with van der Waals surface area (Å²) in [5.41, 5.74) is 0.734. The average molecular weight is 212 g/mol. The third-order valence-corrected chi connectivity index (χ3v) is 2.09. The zero-order valence-electron chi connectivity index (χ0n) is 7.17. The van der Waals surface area contributed by atoms with E-state index in [0.29, 0.717) is 17.1 Å². The highest BCUT2D eigenvalue weighted by atomic mass is 32.1. The molecule has 7 heteroatoms. The van der Waals surface area contributed by atoms with Crippen LogP contribution in [0.15, 0.2) is 17.1 Å². The van der Waals surface area contributed by atoms with Gasteiger partial charge in [-0.3, -0.25) is 9.67 Å². The van der Waals surface area contributed by atoms with Gasteiger partial charge < -0.3 is 9.52 Å². The van der Waals surface area contributed by atoms with Gasteiger partial charge in [0, 0.05) is 0 Å². The maximum atomic E-state index is 8.97. The summed E-state index contributed by atoms with van der Waals surface area (Å²) >= 11 is 4.99. The molecule has 0 aliphatic rings. The number of rotatable bonds is 3. The van der Waals surface area contributed by atoms with Crippen molar-refractivity contribution in [1.82, 2.24) is 19.7 Å². The van der Waals surface area contributed by atoms with E-state index in [-0.39, 0.29) is 6.61 Å². The summed E-state index contributed by atoms with van der Waals surface area (Å²) in [6.07, 6.45) is 2.87. The van der Waals surface area contributed by atoms with E-state index in [1.165, 1.54) is 12.7 Å². The van der Waals surface area contributed by atoms with Crippen LogP contribution in [0.2, 0.25) is 0 Å². The lowest BCUT2D eigenvalue weighted by Crippen LogP contribution is -2.05. The molecule has 14 heavy (non-hydrogen) atoms. The van der Waals surface area contributed by atoms with Crippen molar-refractivity contribution in [3.8, 4) is 0 Å². The number of hydrogen-bond acceptors (Lipinski definition) is 5. The van der Waals surface area contributed by atoms with Crippen molar-refractivity contribution in [3.05, 3.63) is 28.9 Å². The number of hydrogen-bond donors (Lipinski definition) is 2. The Morgan fingerprint density at radius 1 is 1.64 bits per heavy atom. The van der Waals surface area contributed by atoms with Crippen molar-refractivity contribution in [2.24, 2.45) is 0 Å². The standard InChI is InChI=1S/C7H8N4O2S/c12-2-6-9-10-7(14)11(6)1-5-3-13-4-8-5/h3-4,12H,1-2H2,(H,10,14). The zero-order chi connectivity index (χ0) is 9.97. The van der Waals surface area contributed by atoms with E-state index in [1.807, 2.05) is 0 Å².